The van der Waals surface area contributed by atoms with E-state index in [0.29, 0.717) is 12.1 Å². The van der Waals surface area contributed by atoms with Crippen molar-refractivity contribution in [3.05, 3.63) is 35.4 Å². The minimum Gasteiger partial charge on any atom is -0.367 e. The maximum atomic E-state index is 12.5. The first-order valence-electron chi connectivity index (χ1n) is 7.86. The molecule has 0 aliphatic heterocycles. The van der Waals surface area contributed by atoms with Gasteiger partial charge in [0.1, 0.15) is 6.61 Å². The number of rotatable bonds is 8. The lowest BCUT2D eigenvalue weighted by atomic mass is 10.1. The molecule has 1 aromatic carbocycles. The molecule has 0 radical (unpaired) electrons. The van der Waals surface area contributed by atoms with Gasteiger partial charge in [-0.2, -0.15) is 13.2 Å². The second kappa shape index (κ2) is 7.53. The van der Waals surface area contributed by atoms with E-state index in [0.717, 1.165) is 31.5 Å². The Kier molecular flexibility index (Phi) is 5.87. The summed E-state index contributed by atoms with van der Waals surface area (Å²) in [6.07, 6.45) is -2.12. The van der Waals surface area contributed by atoms with Gasteiger partial charge in [0, 0.05) is 18.5 Å². The molecule has 0 saturated heterocycles. The van der Waals surface area contributed by atoms with Gasteiger partial charge in [-0.15, -0.1) is 0 Å². The Balaban J connectivity index is 1.67. The van der Waals surface area contributed by atoms with Gasteiger partial charge in [-0.3, -0.25) is 4.79 Å². The Bertz CT molecular complexity index is 552. The monoisotopic (exact) mass is 344 g/mol. The standard InChI is InChI=1S/C17H23F3N2O2/c1-22(2)12-16(7-8-16)11-21-15(23)10-24-9-13-3-5-14(6-4-13)17(18,19)20/h3-6H,7-12H2,1-2H3,(H,21,23). The van der Waals surface area contributed by atoms with Crippen molar-refractivity contribution < 1.29 is 22.7 Å². The zero-order chi connectivity index (χ0) is 17.8. The molecule has 1 aliphatic rings. The topological polar surface area (TPSA) is 41.6 Å². The highest BCUT2D eigenvalue weighted by molar-refractivity contribution is 5.77. The quantitative estimate of drug-likeness (QED) is 0.788. The van der Waals surface area contributed by atoms with E-state index >= 15 is 0 Å². The number of carbonyl (C=O) groups excluding carboxylic acids is 1. The normalized spacial score (nSPS) is 16.2. The Morgan fingerprint density at radius 2 is 1.88 bits per heavy atom. The van der Waals surface area contributed by atoms with E-state index in [4.69, 9.17) is 4.74 Å². The van der Waals surface area contributed by atoms with Crippen LogP contribution in [0.5, 0.6) is 0 Å². The van der Waals surface area contributed by atoms with Gasteiger partial charge < -0.3 is 15.0 Å². The molecule has 134 valence electrons. The summed E-state index contributed by atoms with van der Waals surface area (Å²) in [4.78, 5) is 13.9. The molecule has 1 aromatic rings. The second-order valence-corrected chi connectivity index (χ2v) is 6.70. The first kappa shape index (κ1) is 18.7. The van der Waals surface area contributed by atoms with Crippen molar-refractivity contribution in [3.63, 3.8) is 0 Å². The number of hydrogen-bond donors (Lipinski definition) is 1. The van der Waals surface area contributed by atoms with Crippen LogP contribution in [-0.2, 0) is 22.3 Å². The number of benzene rings is 1. The molecule has 2 rings (SSSR count). The SMILES string of the molecule is CN(C)CC1(CNC(=O)COCc2ccc(C(F)(F)F)cc2)CC1. The number of halogens is 3. The molecule has 1 N–H and O–H groups in total. The van der Waals surface area contributed by atoms with E-state index in [9.17, 15) is 18.0 Å². The highest BCUT2D eigenvalue weighted by Gasteiger charge is 2.42. The maximum absolute atomic E-state index is 12.5. The minimum atomic E-state index is -4.34. The van der Waals surface area contributed by atoms with Gasteiger partial charge in [-0.1, -0.05) is 12.1 Å². The molecule has 0 aromatic heterocycles. The van der Waals surface area contributed by atoms with Crippen molar-refractivity contribution in [2.45, 2.75) is 25.6 Å². The molecule has 0 bridgehead atoms. The lowest BCUT2D eigenvalue weighted by molar-refractivity contribution is -0.137. The minimum absolute atomic E-state index is 0.0981. The summed E-state index contributed by atoms with van der Waals surface area (Å²) in [7, 11) is 4.02. The molecule has 0 spiro atoms. The molecule has 0 unspecified atom stereocenters. The molecule has 24 heavy (non-hydrogen) atoms. The lowest BCUT2D eigenvalue weighted by Gasteiger charge is -2.20. The zero-order valence-electron chi connectivity index (χ0n) is 13.9. The Hall–Kier alpha value is -1.60. The van der Waals surface area contributed by atoms with E-state index < -0.39 is 11.7 Å². The van der Waals surface area contributed by atoms with Crippen LogP contribution in [0.15, 0.2) is 24.3 Å². The van der Waals surface area contributed by atoms with Crippen LogP contribution in [0.2, 0.25) is 0 Å². The predicted molar refractivity (Wildman–Crippen MR) is 84.3 cm³/mol. The smallest absolute Gasteiger partial charge is 0.367 e. The number of nitrogens with one attached hydrogen (secondary N) is 1. The number of amides is 1. The largest absolute Gasteiger partial charge is 0.416 e. The van der Waals surface area contributed by atoms with Crippen molar-refractivity contribution in [1.29, 1.82) is 0 Å². The van der Waals surface area contributed by atoms with E-state index in [1.54, 1.807) is 0 Å². The number of ether oxygens (including phenoxy) is 1. The third-order valence-electron chi connectivity index (χ3n) is 4.05. The highest BCUT2D eigenvalue weighted by Crippen LogP contribution is 2.45. The summed E-state index contributed by atoms with van der Waals surface area (Å²) in [6.45, 7) is 1.58. The van der Waals surface area contributed by atoms with Crippen LogP contribution in [-0.4, -0.2) is 44.6 Å². The number of carbonyl (C=O) groups is 1. The summed E-state index contributed by atoms with van der Waals surface area (Å²) in [5.41, 5.74) is 0.0914. The second-order valence-electron chi connectivity index (χ2n) is 6.70. The molecule has 1 aliphatic carbocycles. The first-order valence-corrected chi connectivity index (χ1v) is 7.86. The fraction of sp³-hybridized carbons (Fsp3) is 0.588. The predicted octanol–water partition coefficient (Wildman–Crippen LogP) is 2.68. The van der Waals surface area contributed by atoms with Crippen molar-refractivity contribution in [3.8, 4) is 0 Å². The summed E-state index contributed by atoms with van der Waals surface area (Å²) >= 11 is 0. The molecular weight excluding hydrogens is 321 g/mol. The Labute approximate surface area is 140 Å². The third-order valence-corrected chi connectivity index (χ3v) is 4.05. The van der Waals surface area contributed by atoms with Crippen LogP contribution in [0.1, 0.15) is 24.0 Å². The number of nitrogens with zero attached hydrogens (tertiary/aromatic N) is 1. The van der Waals surface area contributed by atoms with E-state index in [-0.39, 0.29) is 24.5 Å². The lowest BCUT2D eigenvalue weighted by Crippen LogP contribution is -2.37. The average molecular weight is 344 g/mol. The maximum Gasteiger partial charge on any atom is 0.416 e. The van der Waals surface area contributed by atoms with Crippen molar-refractivity contribution in [2.75, 3.05) is 33.8 Å². The highest BCUT2D eigenvalue weighted by atomic mass is 19.4. The molecule has 0 heterocycles. The van der Waals surface area contributed by atoms with Crippen LogP contribution in [0.3, 0.4) is 0 Å². The zero-order valence-corrected chi connectivity index (χ0v) is 13.9. The fourth-order valence-corrected chi connectivity index (χ4v) is 2.63. The Morgan fingerprint density at radius 3 is 2.38 bits per heavy atom. The van der Waals surface area contributed by atoms with Gasteiger partial charge in [-0.05, 0) is 44.6 Å². The van der Waals surface area contributed by atoms with Crippen LogP contribution < -0.4 is 5.32 Å². The van der Waals surface area contributed by atoms with Gasteiger partial charge >= 0.3 is 6.18 Å². The third kappa shape index (κ3) is 5.79. The summed E-state index contributed by atoms with van der Waals surface area (Å²) in [6, 6.07) is 4.74. The summed E-state index contributed by atoms with van der Waals surface area (Å²) in [5, 5.41) is 2.87. The van der Waals surface area contributed by atoms with Gasteiger partial charge in [0.15, 0.2) is 0 Å². The van der Waals surface area contributed by atoms with Gasteiger partial charge in [0.05, 0.1) is 12.2 Å². The molecule has 7 heteroatoms. The number of hydrogen-bond acceptors (Lipinski definition) is 3. The van der Waals surface area contributed by atoms with Crippen LogP contribution >= 0.6 is 0 Å². The average Bonchev–Trinajstić information content (AvgIpc) is 3.24. The van der Waals surface area contributed by atoms with E-state index in [1.807, 2.05) is 14.1 Å². The van der Waals surface area contributed by atoms with E-state index in [2.05, 4.69) is 10.2 Å². The molecule has 1 fully saturated rings. The van der Waals surface area contributed by atoms with Gasteiger partial charge in [0.2, 0.25) is 5.91 Å². The van der Waals surface area contributed by atoms with Crippen LogP contribution in [0.25, 0.3) is 0 Å². The fourth-order valence-electron chi connectivity index (χ4n) is 2.63. The van der Waals surface area contributed by atoms with E-state index in [1.165, 1.54) is 12.1 Å². The summed E-state index contributed by atoms with van der Waals surface area (Å²) in [5.74, 6) is -0.202. The van der Waals surface area contributed by atoms with Crippen molar-refractivity contribution >= 4 is 5.91 Å². The van der Waals surface area contributed by atoms with Gasteiger partial charge in [0.25, 0.3) is 0 Å². The first-order chi connectivity index (χ1) is 11.2. The van der Waals surface area contributed by atoms with Crippen LogP contribution in [0.4, 0.5) is 13.2 Å². The molecule has 0 atom stereocenters. The van der Waals surface area contributed by atoms with Crippen molar-refractivity contribution in [2.24, 2.45) is 5.41 Å². The van der Waals surface area contributed by atoms with Crippen LogP contribution in [0, 0.1) is 5.41 Å². The molecule has 1 saturated carbocycles. The molecular formula is C17H23F3N2O2. The summed E-state index contributed by atoms with van der Waals surface area (Å²) < 4.78 is 42.6. The molecule has 4 nitrogen and oxygen atoms in total. The molecule has 1 amide bonds. The van der Waals surface area contributed by atoms with Crippen molar-refractivity contribution in [1.82, 2.24) is 10.2 Å². The number of alkyl halides is 3. The Morgan fingerprint density at radius 1 is 1.25 bits per heavy atom. The van der Waals surface area contributed by atoms with Gasteiger partial charge in [-0.25, -0.2) is 0 Å².